The average Bonchev–Trinajstić information content (AvgIpc) is 2.75. The molecule has 1 aromatic heterocycles. The summed E-state index contributed by atoms with van der Waals surface area (Å²) < 4.78 is 2.29. The third kappa shape index (κ3) is 1.98. The van der Waals surface area contributed by atoms with Crippen molar-refractivity contribution in [3.8, 4) is 0 Å². The number of hydrogen-bond acceptors (Lipinski definition) is 2. The van der Waals surface area contributed by atoms with Crippen LogP contribution >= 0.6 is 0 Å². The van der Waals surface area contributed by atoms with Crippen molar-refractivity contribution in [3.05, 3.63) is 18.2 Å². The number of rotatable bonds is 3. The summed E-state index contributed by atoms with van der Waals surface area (Å²) in [6.45, 7) is 6.69. The van der Waals surface area contributed by atoms with E-state index in [1.807, 2.05) is 12.5 Å². The number of aromatic nitrogens is 2. The molecule has 0 radical (unpaired) electrons. The maximum atomic E-state index is 4.22. The summed E-state index contributed by atoms with van der Waals surface area (Å²) in [7, 11) is 0. The van der Waals surface area contributed by atoms with Crippen molar-refractivity contribution in [2.24, 2.45) is 0 Å². The molecule has 0 bridgehead atoms. The predicted octanol–water partition coefficient (Wildman–Crippen LogP) is 1.76. The third-order valence-electron chi connectivity index (χ3n) is 2.92. The molecule has 1 atom stereocenters. The van der Waals surface area contributed by atoms with E-state index in [-0.39, 0.29) is 0 Å². The Morgan fingerprint density at radius 3 is 3.14 bits per heavy atom. The quantitative estimate of drug-likeness (QED) is 0.792. The summed E-state index contributed by atoms with van der Waals surface area (Å²) in [5.41, 5.74) is 1.35. The van der Waals surface area contributed by atoms with Gasteiger partial charge in [0.15, 0.2) is 0 Å². The van der Waals surface area contributed by atoms with Crippen molar-refractivity contribution >= 4 is 0 Å². The standard InChI is InChI=1S/C11H19N3/c1-9(2)11-6-12-8-14(11)7-10-4-3-5-13-10/h6,8-10,13H,3-5,7H2,1-2H3. The zero-order valence-electron chi connectivity index (χ0n) is 9.03. The molecule has 2 heterocycles. The Kier molecular flexibility index (Phi) is 2.87. The molecule has 1 unspecified atom stereocenters. The lowest BCUT2D eigenvalue weighted by Crippen LogP contribution is -2.27. The summed E-state index contributed by atoms with van der Waals surface area (Å²) in [6, 6.07) is 0.654. The molecular formula is C11H19N3. The zero-order chi connectivity index (χ0) is 9.97. The van der Waals surface area contributed by atoms with E-state index in [4.69, 9.17) is 0 Å². The molecule has 1 fully saturated rings. The Hall–Kier alpha value is -0.830. The summed E-state index contributed by atoms with van der Waals surface area (Å²) in [6.07, 6.45) is 6.56. The van der Waals surface area contributed by atoms with Gasteiger partial charge in [0.05, 0.1) is 6.33 Å². The van der Waals surface area contributed by atoms with Crippen LogP contribution in [0.5, 0.6) is 0 Å². The fourth-order valence-electron chi connectivity index (χ4n) is 2.11. The molecular weight excluding hydrogens is 174 g/mol. The van der Waals surface area contributed by atoms with Crippen molar-refractivity contribution in [2.45, 2.75) is 45.2 Å². The Morgan fingerprint density at radius 1 is 1.64 bits per heavy atom. The highest BCUT2D eigenvalue weighted by Crippen LogP contribution is 2.15. The van der Waals surface area contributed by atoms with Crippen molar-refractivity contribution in [2.75, 3.05) is 6.54 Å². The number of hydrogen-bond donors (Lipinski definition) is 1. The molecule has 1 aromatic rings. The number of nitrogens with zero attached hydrogens (tertiary/aromatic N) is 2. The molecule has 0 saturated carbocycles. The van der Waals surface area contributed by atoms with E-state index < -0.39 is 0 Å². The molecule has 1 aliphatic heterocycles. The summed E-state index contributed by atoms with van der Waals surface area (Å²) in [5, 5.41) is 3.51. The first-order chi connectivity index (χ1) is 6.77. The van der Waals surface area contributed by atoms with Gasteiger partial charge < -0.3 is 9.88 Å². The first-order valence-electron chi connectivity index (χ1n) is 5.51. The molecule has 0 amide bonds. The fraction of sp³-hybridized carbons (Fsp3) is 0.727. The lowest BCUT2D eigenvalue weighted by atomic mass is 10.1. The van der Waals surface area contributed by atoms with Crippen molar-refractivity contribution in [3.63, 3.8) is 0 Å². The van der Waals surface area contributed by atoms with Gasteiger partial charge in [0.25, 0.3) is 0 Å². The Labute approximate surface area is 85.5 Å². The van der Waals surface area contributed by atoms with Crippen LogP contribution in [-0.2, 0) is 6.54 Å². The molecule has 3 nitrogen and oxygen atoms in total. The minimum Gasteiger partial charge on any atom is -0.333 e. The second-order valence-corrected chi connectivity index (χ2v) is 4.42. The number of nitrogens with one attached hydrogen (secondary N) is 1. The largest absolute Gasteiger partial charge is 0.333 e. The molecule has 2 rings (SSSR count). The number of imidazole rings is 1. The van der Waals surface area contributed by atoms with Crippen molar-refractivity contribution in [1.82, 2.24) is 14.9 Å². The van der Waals surface area contributed by atoms with Gasteiger partial charge in [0.1, 0.15) is 0 Å². The molecule has 78 valence electrons. The smallest absolute Gasteiger partial charge is 0.0948 e. The van der Waals surface area contributed by atoms with Crippen LogP contribution < -0.4 is 5.32 Å². The van der Waals surface area contributed by atoms with E-state index in [0.717, 1.165) is 6.54 Å². The second kappa shape index (κ2) is 4.13. The molecule has 14 heavy (non-hydrogen) atoms. The average molecular weight is 193 g/mol. The lowest BCUT2D eigenvalue weighted by molar-refractivity contribution is 0.492. The van der Waals surface area contributed by atoms with Gasteiger partial charge in [-0.25, -0.2) is 4.98 Å². The van der Waals surface area contributed by atoms with Gasteiger partial charge in [0, 0.05) is 24.5 Å². The molecule has 1 saturated heterocycles. The molecule has 1 aliphatic rings. The first-order valence-corrected chi connectivity index (χ1v) is 5.51. The van der Waals surface area contributed by atoms with Crippen LogP contribution in [0, 0.1) is 0 Å². The molecule has 0 aromatic carbocycles. The van der Waals surface area contributed by atoms with Gasteiger partial charge in [0.2, 0.25) is 0 Å². The Bertz CT molecular complexity index is 284. The van der Waals surface area contributed by atoms with Gasteiger partial charge >= 0.3 is 0 Å². The van der Waals surface area contributed by atoms with Crippen LogP contribution in [0.4, 0.5) is 0 Å². The normalized spacial score (nSPS) is 22.1. The van der Waals surface area contributed by atoms with Gasteiger partial charge in [-0.1, -0.05) is 13.8 Å². The minimum atomic E-state index is 0.568. The fourth-order valence-corrected chi connectivity index (χ4v) is 2.11. The molecule has 1 N–H and O–H groups in total. The van der Waals surface area contributed by atoms with E-state index in [2.05, 4.69) is 28.7 Å². The van der Waals surface area contributed by atoms with Crippen LogP contribution in [0.2, 0.25) is 0 Å². The summed E-state index contributed by atoms with van der Waals surface area (Å²) in [5.74, 6) is 0.568. The van der Waals surface area contributed by atoms with Crippen LogP contribution in [0.15, 0.2) is 12.5 Å². The predicted molar refractivity (Wildman–Crippen MR) is 57.3 cm³/mol. The van der Waals surface area contributed by atoms with Crippen LogP contribution in [0.1, 0.15) is 38.3 Å². The highest BCUT2D eigenvalue weighted by molar-refractivity contribution is 5.04. The highest BCUT2D eigenvalue weighted by atomic mass is 15.1. The van der Waals surface area contributed by atoms with Gasteiger partial charge in [-0.2, -0.15) is 0 Å². The van der Waals surface area contributed by atoms with Crippen LogP contribution in [0.25, 0.3) is 0 Å². The molecule has 0 aliphatic carbocycles. The Morgan fingerprint density at radius 2 is 2.50 bits per heavy atom. The van der Waals surface area contributed by atoms with E-state index >= 15 is 0 Å². The first kappa shape index (κ1) is 9.71. The van der Waals surface area contributed by atoms with E-state index in [0.29, 0.717) is 12.0 Å². The van der Waals surface area contributed by atoms with E-state index in [1.54, 1.807) is 0 Å². The Balaban J connectivity index is 2.04. The van der Waals surface area contributed by atoms with Gasteiger partial charge in [-0.15, -0.1) is 0 Å². The monoisotopic (exact) mass is 193 g/mol. The summed E-state index contributed by atoms with van der Waals surface area (Å²) in [4.78, 5) is 4.22. The van der Waals surface area contributed by atoms with Crippen LogP contribution in [-0.4, -0.2) is 22.1 Å². The lowest BCUT2D eigenvalue weighted by Gasteiger charge is -2.15. The minimum absolute atomic E-state index is 0.568. The van der Waals surface area contributed by atoms with Gasteiger partial charge in [-0.3, -0.25) is 0 Å². The second-order valence-electron chi connectivity index (χ2n) is 4.42. The third-order valence-corrected chi connectivity index (χ3v) is 2.92. The van der Waals surface area contributed by atoms with Crippen molar-refractivity contribution < 1.29 is 0 Å². The van der Waals surface area contributed by atoms with E-state index in [1.165, 1.54) is 25.1 Å². The summed E-state index contributed by atoms with van der Waals surface area (Å²) >= 11 is 0. The molecule has 0 spiro atoms. The topological polar surface area (TPSA) is 29.9 Å². The maximum Gasteiger partial charge on any atom is 0.0948 e. The highest BCUT2D eigenvalue weighted by Gasteiger charge is 2.16. The SMILES string of the molecule is CC(C)c1cncn1CC1CCCN1. The van der Waals surface area contributed by atoms with Crippen molar-refractivity contribution in [1.29, 1.82) is 0 Å². The maximum absolute atomic E-state index is 4.22. The van der Waals surface area contributed by atoms with E-state index in [9.17, 15) is 0 Å². The zero-order valence-corrected chi connectivity index (χ0v) is 9.03. The van der Waals surface area contributed by atoms with Crippen LogP contribution in [0.3, 0.4) is 0 Å². The molecule has 3 heteroatoms. The van der Waals surface area contributed by atoms with Gasteiger partial charge in [-0.05, 0) is 25.3 Å².